The van der Waals surface area contributed by atoms with E-state index in [9.17, 15) is 0 Å². The van der Waals surface area contributed by atoms with E-state index in [-0.39, 0.29) is 0 Å². The van der Waals surface area contributed by atoms with E-state index >= 15 is 0 Å². The third-order valence-electron chi connectivity index (χ3n) is 7.47. The molecule has 1 aromatic heterocycles. The van der Waals surface area contributed by atoms with E-state index in [1.165, 1.54) is 166 Å². The predicted octanol–water partition coefficient (Wildman–Crippen LogP) is 9.87. The summed E-state index contributed by atoms with van der Waals surface area (Å²) >= 11 is 0. The Morgan fingerprint density at radius 1 is 0.515 bits per heavy atom. The summed E-state index contributed by atoms with van der Waals surface area (Å²) in [4.78, 5) is 0. The van der Waals surface area contributed by atoms with Crippen LogP contribution in [0.1, 0.15) is 167 Å². The number of nitrogens with zero attached hydrogens (tertiary/aromatic N) is 2. The smallest absolute Gasteiger partial charge is 0.237 e. The summed E-state index contributed by atoms with van der Waals surface area (Å²) in [5, 5.41) is 0. The number of rotatable bonds is 25. The van der Waals surface area contributed by atoms with Gasteiger partial charge in [0.05, 0.1) is 13.6 Å². The van der Waals surface area contributed by atoms with Crippen molar-refractivity contribution in [2.75, 3.05) is 0 Å². The minimum atomic E-state index is 1.21. The van der Waals surface area contributed by atoms with Crippen LogP contribution in [-0.4, -0.2) is 4.57 Å². The molecule has 0 unspecified atom stereocenters. The molecule has 0 aliphatic heterocycles. The molecule has 0 aliphatic carbocycles. The summed E-state index contributed by atoms with van der Waals surface area (Å²) in [5.41, 5.74) is 0. The van der Waals surface area contributed by atoms with Crippen LogP contribution in [0.5, 0.6) is 0 Å². The lowest BCUT2D eigenvalue weighted by Crippen LogP contribution is -2.32. The van der Waals surface area contributed by atoms with Crippen LogP contribution in [0.15, 0.2) is 12.4 Å². The van der Waals surface area contributed by atoms with Gasteiger partial charge in [-0.15, -0.1) is 0 Å². The van der Waals surface area contributed by atoms with Crippen LogP contribution in [-0.2, 0) is 20.0 Å². The fourth-order valence-electron chi connectivity index (χ4n) is 5.15. The molecular formula is C31H61N2+. The van der Waals surface area contributed by atoms with Crippen molar-refractivity contribution in [3.63, 3.8) is 0 Å². The minimum Gasteiger partial charge on any atom is -0.237 e. The highest BCUT2D eigenvalue weighted by atomic mass is 15.1. The average molecular weight is 462 g/mol. The van der Waals surface area contributed by atoms with Gasteiger partial charge in [-0.1, -0.05) is 142 Å². The van der Waals surface area contributed by atoms with Gasteiger partial charge in [0.1, 0.15) is 12.4 Å². The Morgan fingerprint density at radius 3 is 1.30 bits per heavy atom. The summed E-state index contributed by atoms with van der Waals surface area (Å²) in [5.74, 6) is 1.54. The lowest BCUT2D eigenvalue weighted by Gasteiger charge is -2.05. The van der Waals surface area contributed by atoms with Crippen molar-refractivity contribution >= 4 is 0 Å². The zero-order chi connectivity index (χ0) is 23.8. The Kier molecular flexibility index (Phi) is 21.1. The van der Waals surface area contributed by atoms with Crippen LogP contribution >= 0.6 is 0 Å². The molecule has 0 atom stereocenters. The first kappa shape index (κ1) is 30.2. The molecule has 33 heavy (non-hydrogen) atoms. The molecule has 0 N–H and O–H groups in total. The van der Waals surface area contributed by atoms with Crippen molar-refractivity contribution < 1.29 is 4.57 Å². The van der Waals surface area contributed by atoms with Crippen molar-refractivity contribution in [1.82, 2.24) is 4.57 Å². The highest BCUT2D eigenvalue weighted by Gasteiger charge is 2.13. The quantitative estimate of drug-likeness (QED) is 0.101. The maximum Gasteiger partial charge on any atom is 0.256 e. The van der Waals surface area contributed by atoms with Crippen LogP contribution in [0.25, 0.3) is 0 Å². The van der Waals surface area contributed by atoms with E-state index in [1.54, 1.807) is 0 Å². The van der Waals surface area contributed by atoms with E-state index < -0.39 is 0 Å². The van der Waals surface area contributed by atoms with Gasteiger partial charge in [0, 0.05) is 6.42 Å². The molecule has 194 valence electrons. The summed E-state index contributed by atoms with van der Waals surface area (Å²) in [7, 11) is 2.23. The summed E-state index contributed by atoms with van der Waals surface area (Å²) < 4.78 is 4.89. The number of aromatic nitrogens is 2. The Hall–Kier alpha value is -0.790. The molecule has 1 heterocycles. The van der Waals surface area contributed by atoms with Crippen molar-refractivity contribution in [3.8, 4) is 0 Å². The molecule has 0 amide bonds. The molecule has 1 rings (SSSR count). The highest BCUT2D eigenvalue weighted by molar-refractivity contribution is 4.84. The van der Waals surface area contributed by atoms with Crippen molar-refractivity contribution in [2.24, 2.45) is 7.05 Å². The number of aryl methyl sites for hydroxylation is 2. The molecule has 0 saturated heterocycles. The summed E-state index contributed by atoms with van der Waals surface area (Å²) in [6.45, 7) is 5.82. The first-order valence-electron chi connectivity index (χ1n) is 15.3. The predicted molar refractivity (Wildman–Crippen MR) is 147 cm³/mol. The molecule has 0 aromatic carbocycles. The second-order valence-electron chi connectivity index (χ2n) is 10.7. The van der Waals surface area contributed by atoms with Crippen molar-refractivity contribution in [1.29, 1.82) is 0 Å². The molecule has 2 nitrogen and oxygen atoms in total. The van der Waals surface area contributed by atoms with Gasteiger partial charge in [0.2, 0.25) is 0 Å². The zero-order valence-corrected chi connectivity index (χ0v) is 23.2. The Balaban J connectivity index is 1.98. The lowest BCUT2D eigenvalue weighted by atomic mass is 10.0. The molecule has 0 aliphatic rings. The van der Waals surface area contributed by atoms with Gasteiger partial charge in [-0.05, 0) is 19.3 Å². The maximum absolute atomic E-state index is 2.53. The van der Waals surface area contributed by atoms with E-state index in [2.05, 4.69) is 42.4 Å². The second kappa shape index (κ2) is 23.0. The molecule has 2 heteroatoms. The molecule has 0 radical (unpaired) electrons. The average Bonchev–Trinajstić information content (AvgIpc) is 3.17. The second-order valence-corrected chi connectivity index (χ2v) is 10.7. The largest absolute Gasteiger partial charge is 0.256 e. The third-order valence-corrected chi connectivity index (χ3v) is 7.47. The topological polar surface area (TPSA) is 8.81 Å². The maximum atomic E-state index is 2.53. The SMILES string of the molecule is CCCCCCCCCCCCCCn1cc[n+](C)c1CCCCCCCCCCCCC. The van der Waals surface area contributed by atoms with E-state index in [1.807, 2.05) is 0 Å². The number of hydrogen-bond donors (Lipinski definition) is 0. The monoisotopic (exact) mass is 461 g/mol. The molecular weight excluding hydrogens is 400 g/mol. The van der Waals surface area contributed by atoms with Crippen LogP contribution in [0.3, 0.4) is 0 Å². The molecule has 0 fully saturated rings. The highest BCUT2D eigenvalue weighted by Crippen LogP contribution is 2.14. The normalized spacial score (nSPS) is 11.5. The first-order valence-corrected chi connectivity index (χ1v) is 15.3. The van der Waals surface area contributed by atoms with Crippen LogP contribution in [0.4, 0.5) is 0 Å². The van der Waals surface area contributed by atoms with Gasteiger partial charge in [-0.3, -0.25) is 0 Å². The van der Waals surface area contributed by atoms with E-state index in [4.69, 9.17) is 0 Å². The van der Waals surface area contributed by atoms with Gasteiger partial charge in [0.25, 0.3) is 5.82 Å². The Bertz CT molecular complexity index is 519. The Labute approximate surface area is 208 Å². The number of unbranched alkanes of at least 4 members (excludes halogenated alkanes) is 21. The fourth-order valence-corrected chi connectivity index (χ4v) is 5.15. The van der Waals surface area contributed by atoms with Gasteiger partial charge in [-0.25, -0.2) is 9.13 Å². The summed E-state index contributed by atoms with van der Waals surface area (Å²) in [6.07, 6.45) is 38.7. The van der Waals surface area contributed by atoms with E-state index in [0.29, 0.717) is 0 Å². The van der Waals surface area contributed by atoms with Gasteiger partial charge in [-0.2, -0.15) is 0 Å². The molecule has 1 aromatic rings. The number of hydrogen-bond acceptors (Lipinski definition) is 0. The zero-order valence-electron chi connectivity index (χ0n) is 23.2. The van der Waals surface area contributed by atoms with Crippen LogP contribution in [0, 0.1) is 0 Å². The molecule has 0 bridgehead atoms. The lowest BCUT2D eigenvalue weighted by molar-refractivity contribution is -0.678. The standard InChI is InChI=1S/C31H61N2/c1-4-6-8-10-12-14-16-18-20-22-24-26-28-33-30-29-32(3)31(33)27-25-23-21-19-17-15-13-11-9-7-5-2/h29-30H,4-28H2,1-3H3/q+1. The van der Waals surface area contributed by atoms with Gasteiger partial charge < -0.3 is 0 Å². The molecule has 0 saturated carbocycles. The van der Waals surface area contributed by atoms with Crippen LogP contribution in [0.2, 0.25) is 0 Å². The van der Waals surface area contributed by atoms with Crippen molar-refractivity contribution in [3.05, 3.63) is 18.2 Å². The van der Waals surface area contributed by atoms with Gasteiger partial charge in [0.15, 0.2) is 0 Å². The summed E-state index contributed by atoms with van der Waals surface area (Å²) in [6, 6.07) is 0. The van der Waals surface area contributed by atoms with Crippen LogP contribution < -0.4 is 4.57 Å². The Morgan fingerprint density at radius 2 is 0.879 bits per heavy atom. The van der Waals surface area contributed by atoms with E-state index in [0.717, 1.165) is 0 Å². The first-order chi connectivity index (χ1) is 16.3. The molecule has 0 spiro atoms. The number of imidazole rings is 1. The van der Waals surface area contributed by atoms with Gasteiger partial charge >= 0.3 is 0 Å². The minimum absolute atomic E-state index is 1.21. The fraction of sp³-hybridized carbons (Fsp3) is 0.903. The van der Waals surface area contributed by atoms with Crippen molar-refractivity contribution in [2.45, 2.75) is 174 Å². The third kappa shape index (κ3) is 17.3.